The zero-order chi connectivity index (χ0) is 17.9. The predicted octanol–water partition coefficient (Wildman–Crippen LogP) is 2.44. The number of rotatable bonds is 5. The van der Waals surface area contributed by atoms with E-state index in [1.807, 2.05) is 43.7 Å². The minimum atomic E-state index is 0.602. The topological polar surface area (TPSA) is 63.2 Å². The monoisotopic (exact) mass is 372 g/mol. The Morgan fingerprint density at radius 2 is 1.73 bits per heavy atom. The van der Waals surface area contributed by atoms with E-state index in [0.29, 0.717) is 23.3 Å². The van der Waals surface area contributed by atoms with Gasteiger partial charge in [-0.15, -0.1) is 0 Å². The van der Waals surface area contributed by atoms with Crippen molar-refractivity contribution in [1.82, 2.24) is 29.5 Å². The lowest BCUT2D eigenvalue weighted by Gasteiger charge is -2.33. The molecule has 1 saturated heterocycles. The maximum atomic E-state index is 5.92. The van der Waals surface area contributed by atoms with Crippen molar-refractivity contribution >= 4 is 11.6 Å². The Hall–Kier alpha value is -2.22. The number of aryl methyl sites for hydroxylation is 1. The summed E-state index contributed by atoms with van der Waals surface area (Å²) in [6.07, 6.45) is 3.83. The van der Waals surface area contributed by atoms with Crippen LogP contribution in [-0.4, -0.2) is 55.7 Å². The zero-order valence-corrected chi connectivity index (χ0v) is 15.4. The van der Waals surface area contributed by atoms with Gasteiger partial charge in [-0.25, -0.2) is 4.98 Å². The standard InChI is InChI=1S/C18H21ClN6O/c1-23-7-6-20-16(23)12-24-8-10-25(11-9-24)13-17-21-18(22-26-17)14-2-4-15(19)5-3-14/h2-7H,8-13H2,1H3. The summed E-state index contributed by atoms with van der Waals surface area (Å²) in [5.41, 5.74) is 0.907. The van der Waals surface area contributed by atoms with Gasteiger partial charge in [0, 0.05) is 56.2 Å². The van der Waals surface area contributed by atoms with Crippen LogP contribution in [0.2, 0.25) is 5.02 Å². The van der Waals surface area contributed by atoms with Crippen molar-refractivity contribution in [1.29, 1.82) is 0 Å². The molecular weight excluding hydrogens is 352 g/mol. The number of aromatic nitrogens is 4. The molecule has 0 saturated carbocycles. The molecule has 0 N–H and O–H groups in total. The smallest absolute Gasteiger partial charge is 0.241 e. The Balaban J connectivity index is 1.31. The van der Waals surface area contributed by atoms with Crippen LogP contribution in [0, 0.1) is 0 Å². The van der Waals surface area contributed by atoms with Crippen LogP contribution in [0.25, 0.3) is 11.4 Å². The summed E-state index contributed by atoms with van der Waals surface area (Å²) in [5.74, 6) is 2.35. The number of benzene rings is 1. The van der Waals surface area contributed by atoms with Gasteiger partial charge in [-0.3, -0.25) is 9.80 Å². The van der Waals surface area contributed by atoms with Gasteiger partial charge in [0.05, 0.1) is 13.1 Å². The second kappa shape index (κ2) is 7.57. The van der Waals surface area contributed by atoms with E-state index in [2.05, 4.69) is 29.5 Å². The van der Waals surface area contributed by atoms with E-state index in [9.17, 15) is 0 Å². The van der Waals surface area contributed by atoms with E-state index in [4.69, 9.17) is 16.1 Å². The lowest BCUT2D eigenvalue weighted by Crippen LogP contribution is -2.45. The molecule has 0 amide bonds. The lowest BCUT2D eigenvalue weighted by atomic mass is 10.2. The molecule has 1 aliphatic rings. The summed E-state index contributed by atoms with van der Waals surface area (Å²) in [6, 6.07) is 7.45. The fourth-order valence-corrected chi connectivity index (χ4v) is 3.21. The molecule has 4 rings (SSSR count). The van der Waals surface area contributed by atoms with Crippen LogP contribution in [0.4, 0.5) is 0 Å². The van der Waals surface area contributed by atoms with Crippen molar-refractivity contribution in [3.8, 4) is 11.4 Å². The van der Waals surface area contributed by atoms with Crippen LogP contribution in [0.3, 0.4) is 0 Å². The molecule has 0 aliphatic carbocycles. The van der Waals surface area contributed by atoms with Gasteiger partial charge < -0.3 is 9.09 Å². The molecule has 136 valence electrons. The van der Waals surface area contributed by atoms with E-state index in [-0.39, 0.29) is 0 Å². The van der Waals surface area contributed by atoms with E-state index >= 15 is 0 Å². The Labute approximate surface area is 157 Å². The van der Waals surface area contributed by atoms with Crippen LogP contribution >= 0.6 is 11.6 Å². The van der Waals surface area contributed by atoms with Crippen LogP contribution in [0.5, 0.6) is 0 Å². The fraction of sp³-hybridized carbons (Fsp3) is 0.389. The third-order valence-corrected chi connectivity index (χ3v) is 4.93. The molecule has 8 heteroatoms. The Bertz CT molecular complexity index is 851. The number of halogens is 1. The fourth-order valence-electron chi connectivity index (χ4n) is 3.08. The first kappa shape index (κ1) is 17.2. The quantitative estimate of drug-likeness (QED) is 0.685. The maximum Gasteiger partial charge on any atom is 0.241 e. The minimum absolute atomic E-state index is 0.602. The molecule has 0 spiro atoms. The molecule has 7 nitrogen and oxygen atoms in total. The maximum absolute atomic E-state index is 5.92. The predicted molar refractivity (Wildman–Crippen MR) is 98.5 cm³/mol. The molecule has 3 heterocycles. The van der Waals surface area contributed by atoms with Crippen LogP contribution in [0.15, 0.2) is 41.2 Å². The zero-order valence-electron chi connectivity index (χ0n) is 14.7. The molecule has 2 aromatic heterocycles. The number of nitrogens with zero attached hydrogens (tertiary/aromatic N) is 6. The molecule has 0 radical (unpaired) electrons. The van der Waals surface area contributed by atoms with Gasteiger partial charge in [-0.05, 0) is 24.3 Å². The Kier molecular flexibility index (Phi) is 5.01. The largest absolute Gasteiger partial charge is 0.338 e. The van der Waals surface area contributed by atoms with Crippen molar-refractivity contribution in [2.24, 2.45) is 7.05 Å². The lowest BCUT2D eigenvalue weighted by molar-refractivity contribution is 0.109. The van der Waals surface area contributed by atoms with Crippen molar-refractivity contribution in [2.45, 2.75) is 13.1 Å². The average molecular weight is 373 g/mol. The van der Waals surface area contributed by atoms with Gasteiger partial charge in [0.2, 0.25) is 11.7 Å². The molecule has 1 aliphatic heterocycles. The normalized spacial score (nSPS) is 16.2. The SMILES string of the molecule is Cn1ccnc1CN1CCN(Cc2nc(-c3ccc(Cl)cc3)no2)CC1. The first-order chi connectivity index (χ1) is 12.7. The van der Waals surface area contributed by atoms with Crippen LogP contribution in [0.1, 0.15) is 11.7 Å². The molecular formula is C18H21ClN6O. The van der Waals surface area contributed by atoms with Crippen LogP contribution < -0.4 is 0 Å². The highest BCUT2D eigenvalue weighted by atomic mass is 35.5. The van der Waals surface area contributed by atoms with Crippen molar-refractivity contribution < 1.29 is 4.52 Å². The highest BCUT2D eigenvalue weighted by Crippen LogP contribution is 2.19. The van der Waals surface area contributed by atoms with Crippen molar-refractivity contribution in [3.05, 3.63) is 53.4 Å². The van der Waals surface area contributed by atoms with Gasteiger partial charge in [0.1, 0.15) is 5.82 Å². The van der Waals surface area contributed by atoms with E-state index in [1.165, 1.54) is 0 Å². The van der Waals surface area contributed by atoms with E-state index in [0.717, 1.165) is 44.1 Å². The minimum Gasteiger partial charge on any atom is -0.338 e. The van der Waals surface area contributed by atoms with E-state index < -0.39 is 0 Å². The molecule has 0 bridgehead atoms. The Morgan fingerprint density at radius 3 is 2.38 bits per heavy atom. The van der Waals surface area contributed by atoms with Gasteiger partial charge in [0.25, 0.3) is 0 Å². The number of piperazine rings is 1. The number of imidazole rings is 1. The highest BCUT2D eigenvalue weighted by Gasteiger charge is 2.20. The summed E-state index contributed by atoms with van der Waals surface area (Å²) in [4.78, 5) is 13.7. The highest BCUT2D eigenvalue weighted by molar-refractivity contribution is 6.30. The first-order valence-electron chi connectivity index (χ1n) is 8.67. The molecule has 1 fully saturated rings. The average Bonchev–Trinajstić information content (AvgIpc) is 3.27. The summed E-state index contributed by atoms with van der Waals surface area (Å²) in [6.45, 7) is 5.53. The van der Waals surface area contributed by atoms with Gasteiger partial charge >= 0.3 is 0 Å². The van der Waals surface area contributed by atoms with Crippen LogP contribution in [-0.2, 0) is 20.1 Å². The first-order valence-corrected chi connectivity index (χ1v) is 9.04. The second-order valence-corrected chi connectivity index (χ2v) is 6.96. The number of hydrogen-bond donors (Lipinski definition) is 0. The summed E-state index contributed by atoms with van der Waals surface area (Å²) in [7, 11) is 2.03. The third kappa shape index (κ3) is 3.95. The van der Waals surface area contributed by atoms with Gasteiger partial charge in [-0.1, -0.05) is 16.8 Å². The van der Waals surface area contributed by atoms with E-state index in [1.54, 1.807) is 0 Å². The Morgan fingerprint density at radius 1 is 1.04 bits per heavy atom. The van der Waals surface area contributed by atoms with Gasteiger partial charge in [-0.2, -0.15) is 4.98 Å². The van der Waals surface area contributed by atoms with Crippen molar-refractivity contribution in [3.63, 3.8) is 0 Å². The molecule has 0 unspecified atom stereocenters. The summed E-state index contributed by atoms with van der Waals surface area (Å²) >= 11 is 5.92. The molecule has 0 atom stereocenters. The number of hydrogen-bond acceptors (Lipinski definition) is 6. The molecule has 3 aromatic rings. The third-order valence-electron chi connectivity index (χ3n) is 4.68. The van der Waals surface area contributed by atoms with Crippen molar-refractivity contribution in [2.75, 3.05) is 26.2 Å². The second-order valence-electron chi connectivity index (χ2n) is 6.53. The summed E-state index contributed by atoms with van der Waals surface area (Å²) < 4.78 is 7.49. The van der Waals surface area contributed by atoms with Gasteiger partial charge in [0.15, 0.2) is 0 Å². The molecule has 1 aromatic carbocycles. The summed E-state index contributed by atoms with van der Waals surface area (Å²) in [5, 5.41) is 4.77. The molecule has 26 heavy (non-hydrogen) atoms.